The van der Waals surface area contributed by atoms with Gasteiger partial charge in [-0.05, 0) is 24.1 Å². The topological polar surface area (TPSA) is 74.6 Å². The van der Waals surface area contributed by atoms with Gasteiger partial charge in [0.15, 0.2) is 0 Å². The molecule has 84 valence electrons. The second-order valence-corrected chi connectivity index (χ2v) is 4.15. The highest BCUT2D eigenvalue weighted by molar-refractivity contribution is 5.94. The zero-order valence-electron chi connectivity index (χ0n) is 8.64. The summed E-state index contributed by atoms with van der Waals surface area (Å²) in [5, 5.41) is 18.4. The highest BCUT2D eigenvalue weighted by Gasteiger charge is 2.46. The van der Waals surface area contributed by atoms with Crippen molar-refractivity contribution in [3.8, 4) is 5.75 Å². The van der Waals surface area contributed by atoms with Gasteiger partial charge in [0.25, 0.3) is 0 Å². The summed E-state index contributed by atoms with van der Waals surface area (Å²) in [4.78, 5) is 22.6. The Balaban J connectivity index is 2.44. The van der Waals surface area contributed by atoms with E-state index in [1.807, 2.05) is 0 Å². The van der Waals surface area contributed by atoms with Crippen molar-refractivity contribution in [1.82, 2.24) is 0 Å². The zero-order chi connectivity index (χ0) is 11.8. The second-order valence-electron chi connectivity index (χ2n) is 4.15. The number of carbonyl (C=O) groups is 2. The van der Waals surface area contributed by atoms with Gasteiger partial charge in [-0.1, -0.05) is 12.1 Å². The Kier molecular flexibility index (Phi) is 2.42. The number of rotatable bonds is 2. The van der Waals surface area contributed by atoms with Crippen LogP contribution in [0.2, 0.25) is 0 Å². The van der Waals surface area contributed by atoms with Crippen molar-refractivity contribution in [2.24, 2.45) is 0 Å². The second kappa shape index (κ2) is 3.63. The Bertz CT molecular complexity index is 435. The molecule has 0 saturated heterocycles. The molecule has 0 radical (unpaired) electrons. The standard InChI is InChI=1S/C12H12O4/c13-9-3-1-8(2-4-9)12(11(15)16)6-5-10(14)7-12/h1-4,13H,5-7H2,(H,15,16). The molecule has 0 aromatic heterocycles. The van der Waals surface area contributed by atoms with Crippen LogP contribution in [0.3, 0.4) is 0 Å². The molecule has 1 unspecified atom stereocenters. The molecule has 1 aliphatic rings. The summed E-state index contributed by atoms with van der Waals surface area (Å²) in [6.07, 6.45) is 0.701. The van der Waals surface area contributed by atoms with E-state index in [0.717, 1.165) is 0 Å². The molecule has 0 aliphatic heterocycles. The lowest BCUT2D eigenvalue weighted by atomic mass is 9.79. The highest BCUT2D eigenvalue weighted by Crippen LogP contribution is 2.40. The van der Waals surface area contributed by atoms with Crippen LogP contribution in [0.4, 0.5) is 0 Å². The Labute approximate surface area is 92.5 Å². The zero-order valence-corrected chi connectivity index (χ0v) is 8.64. The van der Waals surface area contributed by atoms with Gasteiger partial charge in [0.05, 0.1) is 5.41 Å². The minimum absolute atomic E-state index is 0.0181. The number of phenolic OH excluding ortho intramolecular Hbond substituents is 1. The maximum absolute atomic E-state index is 11.3. The van der Waals surface area contributed by atoms with E-state index in [-0.39, 0.29) is 18.0 Å². The van der Waals surface area contributed by atoms with E-state index in [2.05, 4.69) is 0 Å². The van der Waals surface area contributed by atoms with E-state index >= 15 is 0 Å². The first-order valence-corrected chi connectivity index (χ1v) is 5.09. The van der Waals surface area contributed by atoms with Crippen LogP contribution in [0, 0.1) is 0 Å². The quantitative estimate of drug-likeness (QED) is 0.791. The molecular formula is C12H12O4. The maximum Gasteiger partial charge on any atom is 0.314 e. The average molecular weight is 220 g/mol. The number of aromatic hydroxyl groups is 1. The van der Waals surface area contributed by atoms with Gasteiger partial charge in [-0.25, -0.2) is 0 Å². The van der Waals surface area contributed by atoms with Crippen molar-refractivity contribution in [3.05, 3.63) is 29.8 Å². The summed E-state index contributed by atoms with van der Waals surface area (Å²) in [6, 6.07) is 6.04. The summed E-state index contributed by atoms with van der Waals surface area (Å²) >= 11 is 0. The molecule has 4 nitrogen and oxygen atoms in total. The van der Waals surface area contributed by atoms with E-state index in [0.29, 0.717) is 18.4 Å². The molecule has 1 aromatic carbocycles. The summed E-state index contributed by atoms with van der Waals surface area (Å²) in [5.74, 6) is -0.895. The number of carbonyl (C=O) groups excluding carboxylic acids is 1. The van der Waals surface area contributed by atoms with Crippen molar-refractivity contribution in [3.63, 3.8) is 0 Å². The Morgan fingerprint density at radius 2 is 1.88 bits per heavy atom. The third-order valence-corrected chi connectivity index (χ3v) is 3.16. The Morgan fingerprint density at radius 1 is 1.25 bits per heavy atom. The number of aliphatic carboxylic acids is 1. The van der Waals surface area contributed by atoms with Crippen molar-refractivity contribution in [2.75, 3.05) is 0 Å². The van der Waals surface area contributed by atoms with Gasteiger partial charge >= 0.3 is 5.97 Å². The van der Waals surface area contributed by atoms with Crippen molar-refractivity contribution < 1.29 is 19.8 Å². The number of phenols is 1. The van der Waals surface area contributed by atoms with Gasteiger partial charge in [-0.3, -0.25) is 9.59 Å². The van der Waals surface area contributed by atoms with Crippen LogP contribution in [-0.4, -0.2) is 22.0 Å². The number of carboxylic acid groups (broad SMARTS) is 1. The van der Waals surface area contributed by atoms with Gasteiger partial charge in [0.2, 0.25) is 0 Å². The summed E-state index contributed by atoms with van der Waals surface area (Å²) < 4.78 is 0. The van der Waals surface area contributed by atoms with E-state index in [4.69, 9.17) is 5.11 Å². The predicted molar refractivity (Wildman–Crippen MR) is 56.3 cm³/mol. The minimum atomic E-state index is -1.09. The van der Waals surface area contributed by atoms with Crippen LogP contribution in [-0.2, 0) is 15.0 Å². The smallest absolute Gasteiger partial charge is 0.314 e. The molecule has 0 amide bonds. The van der Waals surface area contributed by atoms with E-state index in [1.54, 1.807) is 12.1 Å². The van der Waals surface area contributed by atoms with Crippen LogP contribution >= 0.6 is 0 Å². The molecule has 16 heavy (non-hydrogen) atoms. The molecule has 4 heteroatoms. The van der Waals surface area contributed by atoms with Gasteiger partial charge in [0, 0.05) is 12.8 Å². The molecular weight excluding hydrogens is 208 g/mol. The lowest BCUT2D eigenvalue weighted by Gasteiger charge is -2.23. The van der Waals surface area contributed by atoms with E-state index in [1.165, 1.54) is 12.1 Å². The van der Waals surface area contributed by atoms with Crippen molar-refractivity contribution >= 4 is 11.8 Å². The fraction of sp³-hybridized carbons (Fsp3) is 0.333. The van der Waals surface area contributed by atoms with E-state index in [9.17, 15) is 14.7 Å². The summed E-state index contributed by atoms with van der Waals surface area (Å²) in [6.45, 7) is 0. The molecule has 2 rings (SSSR count). The lowest BCUT2D eigenvalue weighted by Crippen LogP contribution is -2.33. The molecule has 1 atom stereocenters. The molecule has 1 fully saturated rings. The largest absolute Gasteiger partial charge is 0.508 e. The molecule has 1 saturated carbocycles. The normalized spacial score (nSPS) is 24.6. The number of carboxylic acids is 1. The fourth-order valence-electron chi connectivity index (χ4n) is 2.20. The number of Topliss-reactive ketones (excluding diaryl/α,β-unsaturated/α-hetero) is 1. The number of hydrogen-bond acceptors (Lipinski definition) is 3. The van der Waals surface area contributed by atoms with Gasteiger partial charge in [0.1, 0.15) is 11.5 Å². The molecule has 1 aliphatic carbocycles. The average Bonchev–Trinajstić information content (AvgIpc) is 2.63. The Morgan fingerprint density at radius 3 is 2.31 bits per heavy atom. The molecule has 0 heterocycles. The molecule has 1 aromatic rings. The van der Waals surface area contributed by atoms with Gasteiger partial charge in [-0.15, -0.1) is 0 Å². The Hall–Kier alpha value is -1.84. The molecule has 0 bridgehead atoms. The SMILES string of the molecule is O=C1CCC(C(=O)O)(c2ccc(O)cc2)C1. The highest BCUT2D eigenvalue weighted by atomic mass is 16.4. The first-order valence-electron chi connectivity index (χ1n) is 5.09. The van der Waals surface area contributed by atoms with Crippen LogP contribution in [0.25, 0.3) is 0 Å². The van der Waals surface area contributed by atoms with Crippen LogP contribution in [0.5, 0.6) is 5.75 Å². The van der Waals surface area contributed by atoms with Crippen molar-refractivity contribution in [2.45, 2.75) is 24.7 Å². The van der Waals surface area contributed by atoms with Crippen LogP contribution in [0.15, 0.2) is 24.3 Å². The third kappa shape index (κ3) is 1.56. The molecule has 2 N–H and O–H groups in total. The fourth-order valence-corrected chi connectivity index (χ4v) is 2.20. The van der Waals surface area contributed by atoms with Gasteiger partial charge in [-0.2, -0.15) is 0 Å². The molecule has 0 spiro atoms. The van der Waals surface area contributed by atoms with Crippen LogP contribution < -0.4 is 0 Å². The predicted octanol–water partition coefficient (Wildman–Crippen LogP) is 1.47. The number of benzene rings is 1. The lowest BCUT2D eigenvalue weighted by molar-refractivity contribution is -0.144. The van der Waals surface area contributed by atoms with Crippen molar-refractivity contribution in [1.29, 1.82) is 0 Å². The first kappa shape index (κ1) is 10.7. The number of ketones is 1. The summed E-state index contributed by atoms with van der Waals surface area (Å²) in [7, 11) is 0. The van der Waals surface area contributed by atoms with E-state index < -0.39 is 11.4 Å². The first-order chi connectivity index (χ1) is 7.54. The minimum Gasteiger partial charge on any atom is -0.508 e. The maximum atomic E-state index is 11.3. The monoisotopic (exact) mass is 220 g/mol. The van der Waals surface area contributed by atoms with Crippen LogP contribution in [0.1, 0.15) is 24.8 Å². The third-order valence-electron chi connectivity index (χ3n) is 3.16. The summed E-state index contributed by atoms with van der Waals surface area (Å²) in [5.41, 5.74) is -0.506. The number of hydrogen-bond donors (Lipinski definition) is 2. The van der Waals surface area contributed by atoms with Gasteiger partial charge < -0.3 is 10.2 Å².